The van der Waals surface area contributed by atoms with Crippen molar-refractivity contribution >= 4 is 28.8 Å². The first-order chi connectivity index (χ1) is 10.7. The number of halogens is 1. The summed E-state index contributed by atoms with van der Waals surface area (Å²) in [6.45, 7) is 0. The van der Waals surface area contributed by atoms with Gasteiger partial charge in [0.2, 0.25) is 5.91 Å². The van der Waals surface area contributed by atoms with Crippen molar-refractivity contribution in [2.45, 2.75) is 6.42 Å². The number of para-hydroxylation sites is 2. The molecule has 0 radical (unpaired) electrons. The van der Waals surface area contributed by atoms with Crippen LogP contribution in [0.5, 0.6) is 5.75 Å². The van der Waals surface area contributed by atoms with Gasteiger partial charge < -0.3 is 14.5 Å². The van der Waals surface area contributed by atoms with Gasteiger partial charge in [-0.25, -0.2) is 4.98 Å². The summed E-state index contributed by atoms with van der Waals surface area (Å²) >= 11 is 5.93. The lowest BCUT2D eigenvalue weighted by atomic mass is 10.2. The molecule has 1 aromatic carbocycles. The second kappa shape index (κ2) is 6.07. The van der Waals surface area contributed by atoms with Crippen LogP contribution < -0.4 is 10.1 Å². The van der Waals surface area contributed by atoms with Crippen LogP contribution in [-0.4, -0.2) is 22.4 Å². The number of anilines is 1. The van der Waals surface area contributed by atoms with Crippen LogP contribution >= 0.6 is 11.6 Å². The molecule has 1 amide bonds. The Morgan fingerprint density at radius 1 is 1.27 bits per heavy atom. The van der Waals surface area contributed by atoms with Crippen molar-refractivity contribution in [2.75, 3.05) is 12.4 Å². The van der Waals surface area contributed by atoms with E-state index in [4.69, 9.17) is 16.3 Å². The van der Waals surface area contributed by atoms with Crippen LogP contribution in [-0.2, 0) is 11.2 Å². The summed E-state index contributed by atoms with van der Waals surface area (Å²) < 4.78 is 7.01. The predicted molar refractivity (Wildman–Crippen MR) is 85.5 cm³/mol. The molecule has 0 bridgehead atoms. The van der Waals surface area contributed by atoms with Crippen molar-refractivity contribution in [3.63, 3.8) is 0 Å². The second-order valence-electron chi connectivity index (χ2n) is 4.77. The van der Waals surface area contributed by atoms with Gasteiger partial charge in [0.25, 0.3) is 0 Å². The fourth-order valence-corrected chi connectivity index (χ4v) is 2.38. The van der Waals surface area contributed by atoms with E-state index in [2.05, 4.69) is 10.3 Å². The van der Waals surface area contributed by atoms with Crippen molar-refractivity contribution in [1.82, 2.24) is 9.38 Å². The summed E-state index contributed by atoms with van der Waals surface area (Å²) in [5.41, 5.74) is 2.07. The first-order valence-corrected chi connectivity index (χ1v) is 7.09. The van der Waals surface area contributed by atoms with Crippen LogP contribution in [0.25, 0.3) is 5.65 Å². The molecule has 0 aliphatic carbocycles. The zero-order valence-electron chi connectivity index (χ0n) is 11.9. The van der Waals surface area contributed by atoms with Gasteiger partial charge in [-0.2, -0.15) is 0 Å². The number of methoxy groups -OCH3 is 1. The van der Waals surface area contributed by atoms with Crippen molar-refractivity contribution < 1.29 is 9.53 Å². The lowest BCUT2D eigenvalue weighted by Gasteiger charge is -2.08. The molecule has 6 heteroatoms. The maximum Gasteiger partial charge on any atom is 0.230 e. The Morgan fingerprint density at radius 3 is 2.91 bits per heavy atom. The summed E-state index contributed by atoms with van der Waals surface area (Å²) in [7, 11) is 1.57. The molecule has 3 aromatic rings. The van der Waals surface area contributed by atoms with E-state index < -0.39 is 0 Å². The first kappa shape index (κ1) is 14.4. The van der Waals surface area contributed by atoms with Gasteiger partial charge in [-0.1, -0.05) is 23.7 Å². The van der Waals surface area contributed by atoms with E-state index in [1.807, 2.05) is 18.2 Å². The number of rotatable bonds is 4. The van der Waals surface area contributed by atoms with Crippen LogP contribution in [0.4, 0.5) is 5.69 Å². The average Bonchev–Trinajstić information content (AvgIpc) is 2.88. The maximum atomic E-state index is 12.2. The zero-order valence-corrected chi connectivity index (χ0v) is 12.7. The lowest BCUT2D eigenvalue weighted by Crippen LogP contribution is -2.15. The minimum absolute atomic E-state index is 0.154. The minimum Gasteiger partial charge on any atom is -0.495 e. The molecule has 2 aromatic heterocycles. The SMILES string of the molecule is COc1ccccc1NC(=O)Cc1cn2cc(Cl)ccc2n1. The standard InChI is InChI=1S/C16H14ClN3O2/c1-22-14-5-3-2-4-13(14)19-16(21)8-12-10-20-9-11(17)6-7-15(20)18-12/h2-7,9-10H,8H2,1H3,(H,19,21). The molecule has 0 spiro atoms. The molecule has 112 valence electrons. The summed E-state index contributed by atoms with van der Waals surface area (Å²) in [5.74, 6) is 0.469. The van der Waals surface area contributed by atoms with E-state index >= 15 is 0 Å². The third-order valence-corrected chi connectivity index (χ3v) is 3.41. The van der Waals surface area contributed by atoms with Gasteiger partial charge in [-0.3, -0.25) is 4.79 Å². The Bertz CT molecular complexity index is 829. The molecular weight excluding hydrogens is 302 g/mol. The average molecular weight is 316 g/mol. The number of benzene rings is 1. The van der Waals surface area contributed by atoms with E-state index in [-0.39, 0.29) is 12.3 Å². The van der Waals surface area contributed by atoms with Crippen LogP contribution in [0.3, 0.4) is 0 Å². The fraction of sp³-hybridized carbons (Fsp3) is 0.125. The number of nitrogens with zero attached hydrogens (tertiary/aromatic N) is 2. The van der Waals surface area contributed by atoms with E-state index in [9.17, 15) is 4.79 Å². The highest BCUT2D eigenvalue weighted by atomic mass is 35.5. The Balaban J connectivity index is 1.75. The van der Waals surface area contributed by atoms with Gasteiger partial charge in [0.05, 0.1) is 29.9 Å². The predicted octanol–water partition coefficient (Wildman–Crippen LogP) is 3.18. The normalized spacial score (nSPS) is 10.6. The molecule has 22 heavy (non-hydrogen) atoms. The van der Waals surface area contributed by atoms with E-state index in [0.29, 0.717) is 22.2 Å². The lowest BCUT2D eigenvalue weighted by molar-refractivity contribution is -0.115. The minimum atomic E-state index is -0.154. The quantitative estimate of drug-likeness (QED) is 0.804. The number of hydrogen-bond donors (Lipinski definition) is 1. The highest BCUT2D eigenvalue weighted by Crippen LogP contribution is 2.23. The van der Waals surface area contributed by atoms with Crippen LogP contribution in [0.2, 0.25) is 5.02 Å². The summed E-state index contributed by atoms with van der Waals surface area (Å²) in [4.78, 5) is 16.5. The van der Waals surface area contributed by atoms with Gasteiger partial charge >= 0.3 is 0 Å². The van der Waals surface area contributed by atoms with Crippen molar-refractivity contribution in [3.8, 4) is 5.75 Å². The largest absolute Gasteiger partial charge is 0.495 e. The molecule has 5 nitrogen and oxygen atoms in total. The smallest absolute Gasteiger partial charge is 0.230 e. The second-order valence-corrected chi connectivity index (χ2v) is 5.21. The Labute approximate surface area is 132 Å². The van der Waals surface area contributed by atoms with Crippen LogP contribution in [0, 0.1) is 0 Å². The molecule has 1 N–H and O–H groups in total. The number of pyridine rings is 1. The molecule has 0 saturated heterocycles. The number of nitrogens with one attached hydrogen (secondary N) is 1. The third kappa shape index (κ3) is 3.04. The number of fused-ring (bicyclic) bond motifs is 1. The van der Waals surface area contributed by atoms with Crippen molar-refractivity contribution in [1.29, 1.82) is 0 Å². The van der Waals surface area contributed by atoms with Gasteiger partial charge in [0.1, 0.15) is 11.4 Å². The number of ether oxygens (including phenoxy) is 1. The highest BCUT2D eigenvalue weighted by molar-refractivity contribution is 6.30. The zero-order chi connectivity index (χ0) is 15.5. The molecule has 0 atom stereocenters. The Kier molecular flexibility index (Phi) is 3.98. The molecule has 2 heterocycles. The fourth-order valence-electron chi connectivity index (χ4n) is 2.21. The number of hydrogen-bond acceptors (Lipinski definition) is 3. The van der Waals surface area contributed by atoms with Crippen molar-refractivity contribution in [3.05, 3.63) is 59.5 Å². The number of amides is 1. The van der Waals surface area contributed by atoms with Gasteiger partial charge in [-0.05, 0) is 24.3 Å². The van der Waals surface area contributed by atoms with Gasteiger partial charge in [-0.15, -0.1) is 0 Å². The maximum absolute atomic E-state index is 12.2. The van der Waals surface area contributed by atoms with Crippen molar-refractivity contribution in [2.24, 2.45) is 0 Å². The number of aromatic nitrogens is 2. The molecule has 0 saturated carbocycles. The van der Waals surface area contributed by atoms with Crippen LogP contribution in [0.15, 0.2) is 48.8 Å². The summed E-state index contributed by atoms with van der Waals surface area (Å²) in [5, 5.41) is 3.45. The van der Waals surface area contributed by atoms with E-state index in [1.165, 1.54) is 0 Å². The Hall–Kier alpha value is -2.53. The molecule has 0 aliphatic heterocycles. The molecule has 0 unspecified atom stereocenters. The molecular formula is C16H14ClN3O2. The summed E-state index contributed by atoms with van der Waals surface area (Å²) in [6, 6.07) is 10.8. The monoisotopic (exact) mass is 315 g/mol. The van der Waals surface area contributed by atoms with Crippen LogP contribution in [0.1, 0.15) is 5.69 Å². The van der Waals surface area contributed by atoms with Gasteiger partial charge in [0, 0.05) is 12.4 Å². The molecule has 3 rings (SSSR count). The van der Waals surface area contributed by atoms with E-state index in [1.54, 1.807) is 42.1 Å². The number of carbonyl (C=O) groups is 1. The first-order valence-electron chi connectivity index (χ1n) is 6.72. The molecule has 0 fully saturated rings. The highest BCUT2D eigenvalue weighted by Gasteiger charge is 2.10. The topological polar surface area (TPSA) is 55.6 Å². The van der Waals surface area contributed by atoms with Gasteiger partial charge in [0.15, 0.2) is 0 Å². The number of carbonyl (C=O) groups excluding carboxylic acids is 1. The number of imidazole rings is 1. The third-order valence-electron chi connectivity index (χ3n) is 3.19. The Morgan fingerprint density at radius 2 is 2.09 bits per heavy atom. The summed E-state index contributed by atoms with van der Waals surface area (Å²) in [6.07, 6.45) is 3.73. The molecule has 0 aliphatic rings. The van der Waals surface area contributed by atoms with E-state index in [0.717, 1.165) is 5.65 Å².